The Kier molecular flexibility index (Phi) is 4.27. The summed E-state index contributed by atoms with van der Waals surface area (Å²) in [5.74, 6) is -1.59. The molecule has 1 aliphatic carbocycles. The highest BCUT2D eigenvalue weighted by Crippen LogP contribution is 2.37. The average molecular weight is 261 g/mol. The van der Waals surface area contributed by atoms with Crippen molar-refractivity contribution in [1.29, 1.82) is 0 Å². The van der Waals surface area contributed by atoms with Gasteiger partial charge in [-0.3, -0.25) is 4.90 Å². The molecule has 2 aliphatic rings. The normalized spacial score (nSPS) is 38.0. The summed E-state index contributed by atoms with van der Waals surface area (Å²) in [5, 5.41) is 9.83. The van der Waals surface area contributed by atoms with Crippen molar-refractivity contribution >= 4 is 0 Å². The molecule has 1 N–H and O–H groups in total. The molecule has 0 spiro atoms. The monoisotopic (exact) mass is 261 g/mol. The van der Waals surface area contributed by atoms with Crippen LogP contribution in [0.5, 0.6) is 0 Å². The maximum Gasteiger partial charge on any atom is 0.260 e. The van der Waals surface area contributed by atoms with Crippen LogP contribution >= 0.6 is 0 Å². The maximum absolute atomic E-state index is 13.5. The molecule has 0 bridgehead atoms. The summed E-state index contributed by atoms with van der Waals surface area (Å²) >= 11 is 0. The van der Waals surface area contributed by atoms with Crippen molar-refractivity contribution in [2.75, 3.05) is 13.1 Å². The van der Waals surface area contributed by atoms with Crippen LogP contribution in [-0.4, -0.2) is 41.2 Å². The van der Waals surface area contributed by atoms with Crippen molar-refractivity contribution in [3.05, 3.63) is 0 Å². The fraction of sp³-hybridized carbons (Fsp3) is 1.00. The first-order valence-electron chi connectivity index (χ1n) is 7.19. The van der Waals surface area contributed by atoms with E-state index in [2.05, 4.69) is 13.8 Å². The quantitative estimate of drug-likeness (QED) is 0.826. The first kappa shape index (κ1) is 14.2. The molecular weight excluding hydrogens is 236 g/mol. The van der Waals surface area contributed by atoms with Crippen molar-refractivity contribution in [2.45, 2.75) is 64.0 Å². The molecule has 0 amide bonds. The van der Waals surface area contributed by atoms with Gasteiger partial charge in [-0.05, 0) is 44.1 Å². The molecule has 4 heteroatoms. The van der Waals surface area contributed by atoms with Gasteiger partial charge in [-0.15, -0.1) is 0 Å². The Morgan fingerprint density at radius 2 is 2.00 bits per heavy atom. The van der Waals surface area contributed by atoms with Gasteiger partial charge >= 0.3 is 0 Å². The zero-order valence-electron chi connectivity index (χ0n) is 11.4. The number of likely N-dealkylation sites (tertiary alicyclic amines) is 1. The smallest absolute Gasteiger partial charge is 0.260 e. The van der Waals surface area contributed by atoms with E-state index in [1.165, 1.54) is 0 Å². The average Bonchev–Trinajstić information content (AvgIpc) is 2.27. The molecule has 1 saturated heterocycles. The summed E-state index contributed by atoms with van der Waals surface area (Å²) in [6.07, 6.45) is 2.74. The van der Waals surface area contributed by atoms with Crippen LogP contribution in [-0.2, 0) is 0 Å². The van der Waals surface area contributed by atoms with E-state index in [4.69, 9.17) is 0 Å². The fourth-order valence-corrected chi connectivity index (χ4v) is 3.63. The third-order valence-electron chi connectivity index (χ3n) is 4.59. The van der Waals surface area contributed by atoms with E-state index in [0.717, 1.165) is 19.4 Å². The second-order valence-electron chi connectivity index (χ2n) is 6.37. The van der Waals surface area contributed by atoms with Gasteiger partial charge in [0.25, 0.3) is 5.92 Å². The largest absolute Gasteiger partial charge is 0.393 e. The molecule has 18 heavy (non-hydrogen) atoms. The molecule has 0 radical (unpaired) electrons. The predicted octanol–water partition coefficient (Wildman–Crippen LogP) is 2.90. The summed E-state index contributed by atoms with van der Waals surface area (Å²) in [5.41, 5.74) is 0. The summed E-state index contributed by atoms with van der Waals surface area (Å²) in [6, 6.07) is 0.139. The highest BCUT2D eigenvalue weighted by atomic mass is 19.3. The summed E-state index contributed by atoms with van der Waals surface area (Å²) in [7, 11) is 0. The lowest BCUT2D eigenvalue weighted by Crippen LogP contribution is -2.53. The Morgan fingerprint density at radius 1 is 1.28 bits per heavy atom. The van der Waals surface area contributed by atoms with Crippen molar-refractivity contribution < 1.29 is 13.9 Å². The molecule has 3 atom stereocenters. The van der Waals surface area contributed by atoms with Crippen LogP contribution in [0, 0.1) is 11.8 Å². The molecule has 2 rings (SSSR count). The first-order valence-corrected chi connectivity index (χ1v) is 7.19. The van der Waals surface area contributed by atoms with Crippen LogP contribution in [0.1, 0.15) is 46.0 Å². The van der Waals surface area contributed by atoms with Gasteiger partial charge in [-0.2, -0.15) is 0 Å². The van der Waals surface area contributed by atoms with Crippen LogP contribution in [0.3, 0.4) is 0 Å². The van der Waals surface area contributed by atoms with Gasteiger partial charge in [-0.1, -0.05) is 13.8 Å². The minimum absolute atomic E-state index is 0.0190. The minimum atomic E-state index is -2.54. The van der Waals surface area contributed by atoms with E-state index in [9.17, 15) is 13.9 Å². The fourth-order valence-electron chi connectivity index (χ4n) is 3.63. The highest BCUT2D eigenvalue weighted by Gasteiger charge is 2.42. The molecule has 0 aromatic heterocycles. The van der Waals surface area contributed by atoms with Gasteiger partial charge in [-0.25, -0.2) is 8.78 Å². The van der Waals surface area contributed by atoms with Crippen LogP contribution in [0.25, 0.3) is 0 Å². The van der Waals surface area contributed by atoms with Gasteiger partial charge in [0.2, 0.25) is 0 Å². The Hall–Kier alpha value is -0.220. The molecule has 0 aromatic carbocycles. The van der Waals surface area contributed by atoms with E-state index in [1.807, 2.05) is 4.90 Å². The maximum atomic E-state index is 13.5. The third-order valence-corrected chi connectivity index (χ3v) is 4.59. The minimum Gasteiger partial charge on any atom is -0.393 e. The molecule has 2 fully saturated rings. The van der Waals surface area contributed by atoms with Crippen LogP contribution in [0.2, 0.25) is 0 Å². The Bertz CT molecular complexity index is 283. The third kappa shape index (κ3) is 3.21. The molecule has 1 aliphatic heterocycles. The molecule has 1 heterocycles. The lowest BCUT2D eigenvalue weighted by molar-refractivity contribution is -0.0964. The van der Waals surface area contributed by atoms with Crippen LogP contribution in [0.4, 0.5) is 8.78 Å². The van der Waals surface area contributed by atoms with Crippen molar-refractivity contribution in [2.24, 2.45) is 11.8 Å². The number of piperidine rings is 1. The second-order valence-corrected chi connectivity index (χ2v) is 6.37. The lowest BCUT2D eigenvalue weighted by atomic mass is 9.75. The highest BCUT2D eigenvalue weighted by molar-refractivity contribution is 4.92. The molecule has 1 saturated carbocycles. The topological polar surface area (TPSA) is 23.5 Å². The number of hydrogen-bond acceptors (Lipinski definition) is 2. The molecule has 106 valence electrons. The summed E-state index contributed by atoms with van der Waals surface area (Å²) in [6.45, 7) is 4.97. The van der Waals surface area contributed by atoms with Gasteiger partial charge in [0.1, 0.15) is 0 Å². The zero-order valence-corrected chi connectivity index (χ0v) is 11.4. The number of halogens is 2. The summed E-state index contributed by atoms with van der Waals surface area (Å²) in [4.78, 5) is 1.94. The van der Waals surface area contributed by atoms with Gasteiger partial charge < -0.3 is 5.11 Å². The summed E-state index contributed by atoms with van der Waals surface area (Å²) < 4.78 is 27.1. The van der Waals surface area contributed by atoms with Crippen LogP contribution in [0.15, 0.2) is 0 Å². The Labute approximate surface area is 108 Å². The van der Waals surface area contributed by atoms with E-state index in [-0.39, 0.29) is 25.1 Å². The SMILES string of the molecule is CC(C)C1CCC(O)CC1N1CCCC(F)(F)C1. The molecule has 3 unspecified atom stereocenters. The number of alkyl halides is 2. The Balaban J connectivity index is 2.07. The Morgan fingerprint density at radius 3 is 2.61 bits per heavy atom. The zero-order chi connectivity index (χ0) is 13.3. The van der Waals surface area contributed by atoms with E-state index in [1.54, 1.807) is 0 Å². The number of nitrogens with zero attached hydrogens (tertiary/aromatic N) is 1. The standard InChI is InChI=1S/C14H25F2NO/c1-10(2)12-5-4-11(18)8-13(12)17-7-3-6-14(15,16)9-17/h10-13,18H,3-9H2,1-2H3. The first-order chi connectivity index (χ1) is 8.39. The number of hydrogen-bond donors (Lipinski definition) is 1. The van der Waals surface area contributed by atoms with Crippen LogP contribution < -0.4 is 0 Å². The lowest BCUT2D eigenvalue weighted by Gasteiger charge is -2.46. The van der Waals surface area contributed by atoms with Crippen molar-refractivity contribution in [1.82, 2.24) is 4.90 Å². The van der Waals surface area contributed by atoms with Crippen molar-refractivity contribution in [3.63, 3.8) is 0 Å². The molecular formula is C14H25F2NO. The van der Waals surface area contributed by atoms with Gasteiger partial charge in [0, 0.05) is 12.5 Å². The second kappa shape index (κ2) is 5.41. The predicted molar refractivity (Wildman–Crippen MR) is 67.7 cm³/mol. The van der Waals surface area contributed by atoms with E-state index in [0.29, 0.717) is 24.7 Å². The number of rotatable bonds is 2. The van der Waals surface area contributed by atoms with Gasteiger partial charge in [0.15, 0.2) is 0 Å². The van der Waals surface area contributed by atoms with E-state index >= 15 is 0 Å². The van der Waals surface area contributed by atoms with Gasteiger partial charge in [0.05, 0.1) is 12.6 Å². The van der Waals surface area contributed by atoms with E-state index < -0.39 is 5.92 Å². The number of aliphatic hydroxyl groups is 1. The molecule has 2 nitrogen and oxygen atoms in total. The number of aliphatic hydroxyl groups excluding tert-OH is 1. The molecule has 0 aromatic rings. The van der Waals surface area contributed by atoms with Crippen molar-refractivity contribution in [3.8, 4) is 0 Å².